The summed E-state index contributed by atoms with van der Waals surface area (Å²) in [6, 6.07) is 7.52. The normalized spacial score (nSPS) is 10.8. The van der Waals surface area contributed by atoms with Crippen LogP contribution in [0.5, 0.6) is 5.75 Å². The van der Waals surface area contributed by atoms with Crippen molar-refractivity contribution in [1.82, 2.24) is 20.1 Å². The molecule has 2 heterocycles. The molecule has 0 saturated carbocycles. The molecule has 146 valence electrons. The molecule has 0 aliphatic carbocycles. The van der Waals surface area contributed by atoms with Crippen molar-refractivity contribution in [3.8, 4) is 16.3 Å². The lowest BCUT2D eigenvalue weighted by atomic mass is 10.1. The Morgan fingerprint density at radius 3 is 2.64 bits per heavy atom. The Morgan fingerprint density at radius 2 is 1.93 bits per heavy atom. The van der Waals surface area contributed by atoms with Crippen LogP contribution in [0, 0.1) is 20.8 Å². The third-order valence-electron chi connectivity index (χ3n) is 4.57. The highest BCUT2D eigenvalue weighted by molar-refractivity contribution is 7.17. The first-order valence-electron chi connectivity index (χ1n) is 8.75. The van der Waals surface area contributed by atoms with Crippen LogP contribution in [0.25, 0.3) is 10.6 Å². The number of benzene rings is 1. The highest BCUT2D eigenvalue weighted by Crippen LogP contribution is 2.28. The molecule has 0 spiro atoms. The van der Waals surface area contributed by atoms with E-state index in [0.717, 1.165) is 22.6 Å². The van der Waals surface area contributed by atoms with E-state index in [-0.39, 0.29) is 11.5 Å². The summed E-state index contributed by atoms with van der Waals surface area (Å²) in [4.78, 5) is 30.2. The van der Waals surface area contributed by atoms with E-state index in [1.165, 1.54) is 16.0 Å². The number of aromatic nitrogens is 3. The molecule has 28 heavy (non-hydrogen) atoms. The zero-order chi connectivity index (χ0) is 20.4. The first kappa shape index (κ1) is 19.8. The maximum atomic E-state index is 12.7. The van der Waals surface area contributed by atoms with Crippen molar-refractivity contribution in [2.75, 3.05) is 7.11 Å². The molecule has 0 atom stereocenters. The summed E-state index contributed by atoms with van der Waals surface area (Å²) in [6.45, 7) is 5.80. The topological polar surface area (TPSA) is 86.1 Å². The molecule has 0 fully saturated rings. The van der Waals surface area contributed by atoms with E-state index in [2.05, 4.69) is 15.4 Å². The number of para-hydroxylation sites is 1. The van der Waals surface area contributed by atoms with E-state index in [4.69, 9.17) is 4.74 Å². The molecule has 2 aromatic heterocycles. The van der Waals surface area contributed by atoms with Gasteiger partial charge in [0.05, 0.1) is 24.1 Å². The van der Waals surface area contributed by atoms with E-state index in [1.807, 2.05) is 38.1 Å². The van der Waals surface area contributed by atoms with E-state index in [0.29, 0.717) is 27.7 Å². The fraction of sp³-hybridized carbons (Fsp3) is 0.300. The van der Waals surface area contributed by atoms with Crippen molar-refractivity contribution in [1.29, 1.82) is 0 Å². The summed E-state index contributed by atoms with van der Waals surface area (Å²) in [5, 5.41) is 7.63. The molecule has 0 bridgehead atoms. The zero-order valence-electron chi connectivity index (χ0n) is 16.5. The Hall–Kier alpha value is -3.00. The molecule has 0 unspecified atom stereocenters. The third-order valence-corrected chi connectivity index (χ3v) is 5.75. The second-order valence-corrected chi connectivity index (χ2v) is 7.44. The molecule has 0 radical (unpaired) electrons. The first-order valence-corrected chi connectivity index (χ1v) is 9.57. The predicted octanol–water partition coefficient (Wildman–Crippen LogP) is 2.77. The molecule has 0 aliphatic heterocycles. The summed E-state index contributed by atoms with van der Waals surface area (Å²) in [5.74, 6) is 0.489. The first-order chi connectivity index (χ1) is 13.3. The number of thiazole rings is 1. The van der Waals surface area contributed by atoms with Crippen LogP contribution in [-0.2, 0) is 13.6 Å². The third kappa shape index (κ3) is 3.68. The second-order valence-electron chi connectivity index (χ2n) is 6.44. The van der Waals surface area contributed by atoms with Crippen molar-refractivity contribution in [3.05, 3.63) is 62.0 Å². The van der Waals surface area contributed by atoms with Crippen LogP contribution < -0.4 is 15.6 Å². The SMILES string of the molecule is COc1ccccc1CNC(=O)c1sc(-c2c(C)c(C)nn(C)c2=O)nc1C. The Balaban J connectivity index is 1.89. The molecule has 3 rings (SSSR count). The van der Waals surface area contributed by atoms with Crippen molar-refractivity contribution in [2.45, 2.75) is 27.3 Å². The largest absolute Gasteiger partial charge is 0.496 e. The van der Waals surface area contributed by atoms with Crippen molar-refractivity contribution in [2.24, 2.45) is 7.05 Å². The van der Waals surface area contributed by atoms with Gasteiger partial charge in [0.25, 0.3) is 11.5 Å². The van der Waals surface area contributed by atoms with Crippen LogP contribution in [0.4, 0.5) is 0 Å². The summed E-state index contributed by atoms with van der Waals surface area (Å²) >= 11 is 1.22. The number of ether oxygens (including phenoxy) is 1. The van der Waals surface area contributed by atoms with E-state index in [1.54, 1.807) is 21.1 Å². The average molecular weight is 398 g/mol. The Morgan fingerprint density at radius 1 is 1.21 bits per heavy atom. The lowest BCUT2D eigenvalue weighted by Gasteiger charge is -2.09. The molecule has 0 saturated heterocycles. The zero-order valence-corrected chi connectivity index (χ0v) is 17.3. The number of rotatable bonds is 5. The van der Waals surface area contributed by atoms with Crippen LogP contribution in [0.3, 0.4) is 0 Å². The fourth-order valence-electron chi connectivity index (χ4n) is 2.92. The quantitative estimate of drug-likeness (QED) is 0.714. The van der Waals surface area contributed by atoms with Gasteiger partial charge in [-0.1, -0.05) is 18.2 Å². The number of carbonyl (C=O) groups excluding carboxylic acids is 1. The smallest absolute Gasteiger partial charge is 0.277 e. The highest BCUT2D eigenvalue weighted by Gasteiger charge is 2.21. The lowest BCUT2D eigenvalue weighted by molar-refractivity contribution is 0.0954. The number of carbonyl (C=O) groups is 1. The number of methoxy groups -OCH3 is 1. The van der Waals surface area contributed by atoms with Gasteiger partial charge in [-0.25, -0.2) is 9.67 Å². The standard InChI is InChI=1S/C20H22N4O3S/c1-11-12(2)23-24(4)20(26)16(11)19-22-13(3)17(28-19)18(25)21-10-14-8-6-7-9-15(14)27-5/h6-9H,10H2,1-5H3,(H,21,25). The van der Waals surface area contributed by atoms with Gasteiger partial charge in [0.1, 0.15) is 15.6 Å². The number of amides is 1. The maximum absolute atomic E-state index is 12.7. The molecule has 0 aliphatic rings. The molecule has 1 N–H and O–H groups in total. The molecule has 3 aromatic rings. The minimum absolute atomic E-state index is 0.224. The Bertz CT molecular complexity index is 1100. The summed E-state index contributed by atoms with van der Waals surface area (Å²) < 4.78 is 6.62. The highest BCUT2D eigenvalue weighted by atomic mass is 32.1. The van der Waals surface area contributed by atoms with Gasteiger partial charge in [-0.3, -0.25) is 9.59 Å². The van der Waals surface area contributed by atoms with Crippen LogP contribution in [0.1, 0.15) is 32.2 Å². The number of hydrogen-bond donors (Lipinski definition) is 1. The molecule has 7 nitrogen and oxygen atoms in total. The minimum Gasteiger partial charge on any atom is -0.496 e. The average Bonchev–Trinajstić information content (AvgIpc) is 3.06. The van der Waals surface area contributed by atoms with Crippen LogP contribution in [-0.4, -0.2) is 27.8 Å². The number of nitrogens with zero attached hydrogens (tertiary/aromatic N) is 3. The Labute approximate surface area is 167 Å². The van der Waals surface area contributed by atoms with Gasteiger partial charge < -0.3 is 10.1 Å². The summed E-state index contributed by atoms with van der Waals surface area (Å²) in [5.41, 5.74) is 3.28. The number of nitrogens with one attached hydrogen (secondary N) is 1. The van der Waals surface area contributed by atoms with Crippen LogP contribution in [0.2, 0.25) is 0 Å². The molecular formula is C20H22N4O3S. The fourth-order valence-corrected chi connectivity index (χ4v) is 4.00. The molecule has 1 aromatic carbocycles. The number of hydrogen-bond acceptors (Lipinski definition) is 6. The molecular weight excluding hydrogens is 376 g/mol. The van der Waals surface area contributed by atoms with Gasteiger partial charge in [0.2, 0.25) is 0 Å². The predicted molar refractivity (Wildman–Crippen MR) is 109 cm³/mol. The second kappa shape index (κ2) is 7.93. The number of aryl methyl sites for hydroxylation is 3. The van der Waals surface area contributed by atoms with Gasteiger partial charge in [-0.15, -0.1) is 11.3 Å². The van der Waals surface area contributed by atoms with E-state index in [9.17, 15) is 9.59 Å². The van der Waals surface area contributed by atoms with Crippen molar-refractivity contribution >= 4 is 17.2 Å². The molecule has 1 amide bonds. The Kier molecular flexibility index (Phi) is 5.60. The van der Waals surface area contributed by atoms with Crippen LogP contribution >= 0.6 is 11.3 Å². The summed E-state index contributed by atoms with van der Waals surface area (Å²) in [7, 11) is 3.21. The van der Waals surface area contributed by atoms with Gasteiger partial charge in [-0.2, -0.15) is 5.10 Å². The van der Waals surface area contributed by atoms with E-state index < -0.39 is 0 Å². The maximum Gasteiger partial charge on any atom is 0.277 e. The summed E-state index contributed by atoms with van der Waals surface area (Å²) in [6.07, 6.45) is 0. The van der Waals surface area contributed by atoms with Gasteiger partial charge in [-0.05, 0) is 32.4 Å². The van der Waals surface area contributed by atoms with Crippen LogP contribution in [0.15, 0.2) is 29.1 Å². The van der Waals surface area contributed by atoms with Crippen molar-refractivity contribution < 1.29 is 9.53 Å². The van der Waals surface area contributed by atoms with Gasteiger partial charge >= 0.3 is 0 Å². The molecule has 8 heteroatoms. The lowest BCUT2D eigenvalue weighted by Crippen LogP contribution is -2.23. The minimum atomic E-state index is -0.229. The monoisotopic (exact) mass is 398 g/mol. The van der Waals surface area contributed by atoms with Crippen molar-refractivity contribution in [3.63, 3.8) is 0 Å². The van der Waals surface area contributed by atoms with Gasteiger partial charge in [0, 0.05) is 19.2 Å². The van der Waals surface area contributed by atoms with Gasteiger partial charge in [0.15, 0.2) is 0 Å². The van der Waals surface area contributed by atoms with E-state index >= 15 is 0 Å².